The summed E-state index contributed by atoms with van der Waals surface area (Å²) in [7, 11) is 2.14. The Labute approximate surface area is 171 Å². The van der Waals surface area contributed by atoms with Gasteiger partial charge in [-0.05, 0) is 57.6 Å². The van der Waals surface area contributed by atoms with E-state index in [2.05, 4.69) is 40.1 Å². The number of nitrogens with one attached hydrogen (secondary N) is 1. The number of piperazine rings is 1. The summed E-state index contributed by atoms with van der Waals surface area (Å²) in [5.41, 5.74) is 3.49. The minimum atomic E-state index is -0.253. The van der Waals surface area contributed by atoms with Gasteiger partial charge in [0.2, 0.25) is 5.88 Å². The molecule has 1 saturated heterocycles. The van der Waals surface area contributed by atoms with Crippen molar-refractivity contribution in [3.63, 3.8) is 0 Å². The molecule has 0 atom stereocenters. The van der Waals surface area contributed by atoms with E-state index in [1.165, 1.54) is 11.9 Å². The molecule has 0 saturated carbocycles. The van der Waals surface area contributed by atoms with Gasteiger partial charge in [0.15, 0.2) is 0 Å². The van der Waals surface area contributed by atoms with Crippen molar-refractivity contribution < 1.29 is 9.53 Å². The standard InChI is InChI=1S/C21H27ClN4O2/c1-14(2)28-21-18(22)12-16(13-23-21)20(27)24-17-5-6-19(15(3)11-17)26-9-7-25(4)8-10-26/h5-6,11-14H,7-10H2,1-4H3,(H,24,27). The molecule has 28 heavy (non-hydrogen) atoms. The van der Waals surface area contributed by atoms with E-state index < -0.39 is 0 Å². The van der Waals surface area contributed by atoms with E-state index in [1.807, 2.05) is 26.0 Å². The number of ether oxygens (including phenoxy) is 1. The lowest BCUT2D eigenvalue weighted by atomic mass is 10.1. The second-order valence-electron chi connectivity index (χ2n) is 7.42. The highest BCUT2D eigenvalue weighted by Crippen LogP contribution is 2.26. The molecule has 1 aromatic carbocycles. The molecule has 0 spiro atoms. The maximum atomic E-state index is 12.6. The smallest absolute Gasteiger partial charge is 0.257 e. The first-order valence-electron chi connectivity index (χ1n) is 9.51. The Bertz CT molecular complexity index is 848. The Morgan fingerprint density at radius 2 is 1.93 bits per heavy atom. The highest BCUT2D eigenvalue weighted by Gasteiger charge is 2.17. The van der Waals surface area contributed by atoms with Crippen molar-refractivity contribution in [1.82, 2.24) is 9.88 Å². The van der Waals surface area contributed by atoms with Crippen molar-refractivity contribution in [2.75, 3.05) is 43.4 Å². The molecule has 1 amide bonds. The third-order valence-corrected chi connectivity index (χ3v) is 4.99. The predicted octanol–water partition coefficient (Wildman–Crippen LogP) is 3.83. The topological polar surface area (TPSA) is 57.7 Å². The van der Waals surface area contributed by atoms with Crippen LogP contribution in [0.1, 0.15) is 29.8 Å². The Morgan fingerprint density at radius 3 is 2.54 bits per heavy atom. The first kappa shape index (κ1) is 20.4. The summed E-state index contributed by atoms with van der Waals surface area (Å²) >= 11 is 6.19. The van der Waals surface area contributed by atoms with Crippen LogP contribution in [0.25, 0.3) is 0 Å². The van der Waals surface area contributed by atoms with Gasteiger partial charge in [-0.2, -0.15) is 0 Å². The van der Waals surface area contributed by atoms with Gasteiger partial charge >= 0.3 is 0 Å². The maximum absolute atomic E-state index is 12.6. The van der Waals surface area contributed by atoms with Gasteiger partial charge in [-0.1, -0.05) is 11.6 Å². The van der Waals surface area contributed by atoms with Crippen LogP contribution < -0.4 is 15.0 Å². The van der Waals surface area contributed by atoms with E-state index in [0.29, 0.717) is 16.5 Å². The molecule has 150 valence electrons. The van der Waals surface area contributed by atoms with Crippen molar-refractivity contribution in [3.8, 4) is 5.88 Å². The highest BCUT2D eigenvalue weighted by atomic mass is 35.5. The average molecular weight is 403 g/mol. The van der Waals surface area contributed by atoms with E-state index in [-0.39, 0.29) is 12.0 Å². The molecule has 1 aliphatic rings. The van der Waals surface area contributed by atoms with Gasteiger partial charge in [0.05, 0.1) is 11.7 Å². The number of halogens is 1. The van der Waals surface area contributed by atoms with Crippen LogP contribution in [0.4, 0.5) is 11.4 Å². The number of carbonyl (C=O) groups is 1. The summed E-state index contributed by atoms with van der Waals surface area (Å²) < 4.78 is 5.51. The minimum absolute atomic E-state index is 0.0357. The Morgan fingerprint density at radius 1 is 1.21 bits per heavy atom. The van der Waals surface area contributed by atoms with Crippen molar-refractivity contribution in [3.05, 3.63) is 46.6 Å². The van der Waals surface area contributed by atoms with Gasteiger partial charge in [-0.25, -0.2) is 4.98 Å². The summed E-state index contributed by atoms with van der Waals surface area (Å²) in [5, 5.41) is 3.24. The first-order valence-corrected chi connectivity index (χ1v) is 9.89. The molecule has 6 nitrogen and oxygen atoms in total. The number of hydrogen-bond donors (Lipinski definition) is 1. The Balaban J connectivity index is 1.69. The summed E-state index contributed by atoms with van der Waals surface area (Å²) in [6.45, 7) is 10.00. The van der Waals surface area contributed by atoms with Gasteiger partial charge in [0.1, 0.15) is 5.02 Å². The van der Waals surface area contributed by atoms with Crippen molar-refractivity contribution >= 4 is 28.9 Å². The van der Waals surface area contributed by atoms with Crippen LogP contribution in [-0.4, -0.2) is 55.1 Å². The summed E-state index contributed by atoms with van der Waals surface area (Å²) in [6.07, 6.45) is 1.44. The number of benzene rings is 1. The molecule has 0 radical (unpaired) electrons. The zero-order chi connectivity index (χ0) is 20.3. The second-order valence-corrected chi connectivity index (χ2v) is 7.83. The molecule has 2 heterocycles. The summed E-state index contributed by atoms with van der Waals surface area (Å²) in [6, 6.07) is 7.58. The van der Waals surface area contributed by atoms with Crippen LogP contribution in [0.15, 0.2) is 30.5 Å². The van der Waals surface area contributed by atoms with Gasteiger partial charge in [0.25, 0.3) is 5.91 Å². The average Bonchev–Trinajstić information content (AvgIpc) is 2.64. The summed E-state index contributed by atoms with van der Waals surface area (Å²) in [5.74, 6) is 0.0813. The zero-order valence-electron chi connectivity index (χ0n) is 16.8. The predicted molar refractivity (Wildman–Crippen MR) is 114 cm³/mol. The number of aryl methyl sites for hydroxylation is 1. The molecule has 0 unspecified atom stereocenters. The molecule has 2 aromatic rings. The molecular weight excluding hydrogens is 376 g/mol. The van der Waals surface area contributed by atoms with Crippen molar-refractivity contribution in [1.29, 1.82) is 0 Å². The fraction of sp³-hybridized carbons (Fsp3) is 0.429. The third-order valence-electron chi connectivity index (χ3n) is 4.72. The molecule has 1 aromatic heterocycles. The molecule has 7 heteroatoms. The summed E-state index contributed by atoms with van der Waals surface area (Å²) in [4.78, 5) is 21.4. The lowest BCUT2D eigenvalue weighted by molar-refractivity contribution is 0.102. The largest absolute Gasteiger partial charge is 0.474 e. The molecule has 1 N–H and O–H groups in total. The SMILES string of the molecule is Cc1cc(NC(=O)c2cnc(OC(C)C)c(Cl)c2)ccc1N1CCN(C)CC1. The van der Waals surface area contributed by atoms with Gasteiger partial charge in [-0.15, -0.1) is 0 Å². The van der Waals surface area contributed by atoms with E-state index in [1.54, 1.807) is 6.07 Å². The van der Waals surface area contributed by atoms with Crippen molar-refractivity contribution in [2.45, 2.75) is 26.9 Å². The Hall–Kier alpha value is -2.31. The number of hydrogen-bond acceptors (Lipinski definition) is 5. The van der Waals surface area contributed by atoms with Gasteiger partial charge in [-0.3, -0.25) is 4.79 Å². The van der Waals surface area contributed by atoms with Gasteiger partial charge < -0.3 is 19.9 Å². The second kappa shape index (κ2) is 8.80. The Kier molecular flexibility index (Phi) is 6.42. The number of rotatable bonds is 5. The lowest BCUT2D eigenvalue weighted by Gasteiger charge is -2.35. The zero-order valence-corrected chi connectivity index (χ0v) is 17.6. The fourth-order valence-electron chi connectivity index (χ4n) is 3.20. The number of aromatic nitrogens is 1. The number of pyridine rings is 1. The number of amides is 1. The van der Waals surface area contributed by atoms with Crippen LogP contribution in [0.2, 0.25) is 5.02 Å². The molecule has 1 fully saturated rings. The third kappa shape index (κ3) is 4.94. The minimum Gasteiger partial charge on any atom is -0.474 e. The van der Waals surface area contributed by atoms with Crippen LogP contribution in [0, 0.1) is 6.92 Å². The first-order chi connectivity index (χ1) is 13.3. The molecule has 0 bridgehead atoms. The van der Waals surface area contributed by atoms with E-state index >= 15 is 0 Å². The fourth-order valence-corrected chi connectivity index (χ4v) is 3.41. The number of nitrogens with zero attached hydrogens (tertiary/aromatic N) is 3. The van der Waals surface area contributed by atoms with E-state index in [0.717, 1.165) is 37.4 Å². The quantitative estimate of drug-likeness (QED) is 0.823. The highest BCUT2D eigenvalue weighted by molar-refractivity contribution is 6.32. The van der Waals surface area contributed by atoms with Crippen LogP contribution in [0.5, 0.6) is 5.88 Å². The molecule has 3 rings (SSSR count). The number of carbonyl (C=O) groups excluding carboxylic acids is 1. The van der Waals surface area contributed by atoms with Gasteiger partial charge in [0, 0.05) is 43.8 Å². The van der Waals surface area contributed by atoms with Crippen LogP contribution >= 0.6 is 11.6 Å². The van der Waals surface area contributed by atoms with Crippen molar-refractivity contribution in [2.24, 2.45) is 0 Å². The molecular formula is C21H27ClN4O2. The van der Waals surface area contributed by atoms with E-state index in [4.69, 9.17) is 16.3 Å². The number of likely N-dealkylation sites (N-methyl/N-ethyl adjacent to an activating group) is 1. The maximum Gasteiger partial charge on any atom is 0.257 e. The lowest BCUT2D eigenvalue weighted by Crippen LogP contribution is -2.44. The molecule has 1 aliphatic heterocycles. The van der Waals surface area contributed by atoms with Crippen LogP contribution in [-0.2, 0) is 0 Å². The number of anilines is 2. The normalized spacial score (nSPS) is 15.0. The monoisotopic (exact) mass is 402 g/mol. The van der Waals surface area contributed by atoms with E-state index in [9.17, 15) is 4.79 Å². The van der Waals surface area contributed by atoms with Crippen LogP contribution in [0.3, 0.4) is 0 Å². The molecule has 0 aliphatic carbocycles.